The number of carboxylic acid groups (broad SMARTS) is 1. The van der Waals surface area contributed by atoms with Crippen molar-refractivity contribution in [3.8, 4) is 11.4 Å². The molecule has 0 radical (unpaired) electrons. The second kappa shape index (κ2) is 8.39. The summed E-state index contributed by atoms with van der Waals surface area (Å²) in [6, 6.07) is 0. The molecule has 1 unspecified atom stereocenters. The summed E-state index contributed by atoms with van der Waals surface area (Å²) in [7, 11) is 2.00. The Morgan fingerprint density at radius 1 is 1.37 bits per heavy atom. The van der Waals surface area contributed by atoms with E-state index in [2.05, 4.69) is 25.0 Å². The third-order valence-electron chi connectivity index (χ3n) is 3.76. The largest absolute Gasteiger partial charge is 0.490 e. The standard InChI is InChI=1S/C13H17N5O2.C2HF3O2/c1-18-4-2-3-13(19,8-18)5-11-16-12(17-20-11)10-6-14-9-15-7-10;3-2(4,5)1(6)7/h6-7,9,19H,2-5,8H2,1H3;(H,6,7). The van der Waals surface area contributed by atoms with Gasteiger partial charge in [-0.1, -0.05) is 5.16 Å². The zero-order valence-electron chi connectivity index (χ0n) is 14.3. The lowest BCUT2D eigenvalue weighted by Gasteiger charge is -2.36. The van der Waals surface area contributed by atoms with Gasteiger partial charge in [-0.05, 0) is 26.4 Å². The van der Waals surface area contributed by atoms with Crippen LogP contribution in [0.25, 0.3) is 11.4 Å². The van der Waals surface area contributed by atoms with E-state index in [4.69, 9.17) is 14.4 Å². The number of aromatic nitrogens is 4. The molecule has 2 aromatic rings. The molecule has 1 aliphatic rings. The first-order valence-electron chi connectivity index (χ1n) is 7.88. The second-order valence-corrected chi connectivity index (χ2v) is 6.18. The van der Waals surface area contributed by atoms with Crippen LogP contribution in [0.15, 0.2) is 23.2 Å². The molecular formula is C15H18F3N5O4. The van der Waals surface area contributed by atoms with Crippen molar-refractivity contribution in [3.63, 3.8) is 0 Å². The zero-order valence-corrected chi connectivity index (χ0v) is 14.3. The van der Waals surface area contributed by atoms with Gasteiger partial charge in [-0.3, -0.25) is 0 Å². The number of halogens is 3. The smallest absolute Gasteiger partial charge is 0.475 e. The summed E-state index contributed by atoms with van der Waals surface area (Å²) >= 11 is 0. The van der Waals surface area contributed by atoms with Crippen LogP contribution in [0.5, 0.6) is 0 Å². The van der Waals surface area contributed by atoms with Crippen LogP contribution in [0.4, 0.5) is 13.2 Å². The third kappa shape index (κ3) is 6.25. The van der Waals surface area contributed by atoms with Crippen molar-refractivity contribution >= 4 is 5.97 Å². The van der Waals surface area contributed by atoms with Crippen LogP contribution in [-0.2, 0) is 11.2 Å². The number of carbonyl (C=O) groups is 1. The molecule has 1 atom stereocenters. The molecule has 0 saturated carbocycles. The number of alkyl halides is 3. The highest BCUT2D eigenvalue weighted by Crippen LogP contribution is 2.25. The first-order valence-corrected chi connectivity index (χ1v) is 7.88. The number of piperidine rings is 1. The van der Waals surface area contributed by atoms with Crippen LogP contribution in [0.1, 0.15) is 18.7 Å². The van der Waals surface area contributed by atoms with Gasteiger partial charge in [0.05, 0.1) is 17.6 Å². The Bertz CT molecular complexity index is 755. The van der Waals surface area contributed by atoms with Crippen molar-refractivity contribution in [3.05, 3.63) is 24.6 Å². The molecular weight excluding hydrogens is 371 g/mol. The van der Waals surface area contributed by atoms with Gasteiger partial charge in [0.25, 0.3) is 0 Å². The van der Waals surface area contributed by atoms with Gasteiger partial charge in [0.2, 0.25) is 11.7 Å². The zero-order chi connectivity index (χ0) is 20.1. The van der Waals surface area contributed by atoms with E-state index in [1.54, 1.807) is 12.4 Å². The molecule has 0 bridgehead atoms. The van der Waals surface area contributed by atoms with Crippen molar-refractivity contribution < 1.29 is 32.7 Å². The topological polar surface area (TPSA) is 125 Å². The Morgan fingerprint density at radius 2 is 2.00 bits per heavy atom. The molecule has 3 heterocycles. The molecule has 3 rings (SSSR count). The molecule has 0 aliphatic carbocycles. The summed E-state index contributed by atoms with van der Waals surface area (Å²) in [6.07, 6.45) is 1.72. The van der Waals surface area contributed by atoms with E-state index in [1.165, 1.54) is 6.33 Å². The number of aliphatic hydroxyl groups is 1. The number of aliphatic carboxylic acids is 1. The summed E-state index contributed by atoms with van der Waals surface area (Å²) in [5.41, 5.74) is -0.0838. The van der Waals surface area contributed by atoms with E-state index in [9.17, 15) is 18.3 Å². The maximum absolute atomic E-state index is 10.6. The summed E-state index contributed by atoms with van der Waals surface area (Å²) in [4.78, 5) is 23.2. The van der Waals surface area contributed by atoms with Crippen LogP contribution < -0.4 is 0 Å². The lowest BCUT2D eigenvalue weighted by Crippen LogP contribution is -2.47. The summed E-state index contributed by atoms with van der Waals surface area (Å²) in [5, 5.41) is 21.6. The first kappa shape index (κ1) is 20.7. The highest BCUT2D eigenvalue weighted by atomic mass is 19.4. The fourth-order valence-electron chi connectivity index (χ4n) is 2.62. The minimum Gasteiger partial charge on any atom is -0.475 e. The van der Waals surface area contributed by atoms with Gasteiger partial charge in [0.1, 0.15) is 6.33 Å². The minimum absolute atomic E-state index is 0.373. The molecule has 27 heavy (non-hydrogen) atoms. The predicted molar refractivity (Wildman–Crippen MR) is 84.4 cm³/mol. The van der Waals surface area contributed by atoms with Crippen molar-refractivity contribution in [1.29, 1.82) is 0 Å². The van der Waals surface area contributed by atoms with Gasteiger partial charge in [-0.15, -0.1) is 0 Å². The Kier molecular flexibility index (Phi) is 6.44. The lowest BCUT2D eigenvalue weighted by atomic mass is 9.90. The highest BCUT2D eigenvalue weighted by Gasteiger charge is 2.38. The Labute approximate surface area is 151 Å². The Hall–Kier alpha value is -2.60. The fourth-order valence-corrected chi connectivity index (χ4v) is 2.62. The maximum Gasteiger partial charge on any atom is 0.490 e. The molecule has 2 N–H and O–H groups in total. The normalized spacial score (nSPS) is 20.6. The molecule has 0 amide bonds. The Morgan fingerprint density at radius 3 is 2.56 bits per heavy atom. The second-order valence-electron chi connectivity index (χ2n) is 6.18. The van der Waals surface area contributed by atoms with E-state index in [0.29, 0.717) is 30.2 Å². The lowest BCUT2D eigenvalue weighted by molar-refractivity contribution is -0.192. The number of hydrogen-bond acceptors (Lipinski definition) is 8. The summed E-state index contributed by atoms with van der Waals surface area (Å²) < 4.78 is 37.0. The van der Waals surface area contributed by atoms with E-state index >= 15 is 0 Å². The van der Waals surface area contributed by atoms with Crippen LogP contribution in [0, 0.1) is 0 Å². The number of β-amino-alcohol motifs (C(OH)–C–C–N with tert-alkyl or cyclic N) is 1. The van der Waals surface area contributed by atoms with Crippen LogP contribution >= 0.6 is 0 Å². The number of hydrogen-bond donors (Lipinski definition) is 2. The molecule has 1 saturated heterocycles. The first-order chi connectivity index (χ1) is 12.6. The molecule has 9 nitrogen and oxygen atoms in total. The van der Waals surface area contributed by atoms with Gasteiger partial charge in [-0.25, -0.2) is 14.8 Å². The molecule has 1 aliphatic heterocycles. The third-order valence-corrected chi connectivity index (χ3v) is 3.76. The molecule has 12 heteroatoms. The number of rotatable bonds is 3. The van der Waals surface area contributed by atoms with E-state index in [-0.39, 0.29) is 0 Å². The molecule has 1 fully saturated rings. The Balaban J connectivity index is 0.000000321. The average molecular weight is 389 g/mol. The average Bonchev–Trinajstić information content (AvgIpc) is 3.03. The van der Waals surface area contributed by atoms with E-state index < -0.39 is 17.7 Å². The number of carboxylic acids is 1. The van der Waals surface area contributed by atoms with Gasteiger partial charge in [0.15, 0.2) is 0 Å². The monoisotopic (exact) mass is 389 g/mol. The van der Waals surface area contributed by atoms with Crippen molar-refractivity contribution in [2.75, 3.05) is 20.1 Å². The van der Waals surface area contributed by atoms with Crippen LogP contribution in [0.3, 0.4) is 0 Å². The summed E-state index contributed by atoms with van der Waals surface area (Å²) in [5.74, 6) is -1.86. The quantitative estimate of drug-likeness (QED) is 0.795. The fraction of sp³-hybridized carbons (Fsp3) is 0.533. The van der Waals surface area contributed by atoms with Crippen molar-refractivity contribution in [2.24, 2.45) is 0 Å². The molecule has 0 spiro atoms. The van der Waals surface area contributed by atoms with Gasteiger partial charge < -0.3 is 19.6 Å². The van der Waals surface area contributed by atoms with Gasteiger partial charge >= 0.3 is 12.1 Å². The molecule has 2 aromatic heterocycles. The van der Waals surface area contributed by atoms with E-state index in [1.807, 2.05) is 7.05 Å². The highest BCUT2D eigenvalue weighted by molar-refractivity contribution is 5.73. The number of likely N-dealkylation sites (N-methyl/N-ethyl adjacent to an activating group) is 1. The number of likely N-dealkylation sites (tertiary alicyclic amines) is 1. The van der Waals surface area contributed by atoms with Crippen molar-refractivity contribution in [1.82, 2.24) is 25.0 Å². The molecule has 0 aromatic carbocycles. The maximum atomic E-state index is 10.6. The van der Waals surface area contributed by atoms with Gasteiger partial charge in [0, 0.05) is 18.9 Å². The summed E-state index contributed by atoms with van der Waals surface area (Å²) in [6.45, 7) is 1.64. The van der Waals surface area contributed by atoms with E-state index in [0.717, 1.165) is 19.4 Å². The van der Waals surface area contributed by atoms with Crippen LogP contribution in [-0.4, -0.2) is 73.1 Å². The minimum atomic E-state index is -5.08. The van der Waals surface area contributed by atoms with Gasteiger partial charge in [-0.2, -0.15) is 18.2 Å². The number of nitrogens with zero attached hydrogens (tertiary/aromatic N) is 5. The SMILES string of the molecule is CN1CCCC(O)(Cc2nc(-c3cncnc3)no2)C1.O=C(O)C(F)(F)F. The van der Waals surface area contributed by atoms with Crippen molar-refractivity contribution in [2.45, 2.75) is 31.0 Å². The van der Waals surface area contributed by atoms with Crippen LogP contribution in [0.2, 0.25) is 0 Å². The molecule has 148 valence electrons. The predicted octanol–water partition coefficient (Wildman–Crippen LogP) is 1.16.